The smallest absolute Gasteiger partial charge is 0.342 e. The SMILES string of the molecule is C=NN(C(=O)NCc1c(C)cccc1C)c1ccc(C#N)cc1N. The molecule has 6 nitrogen and oxygen atoms in total. The summed E-state index contributed by atoms with van der Waals surface area (Å²) in [6.07, 6.45) is 0. The van der Waals surface area contributed by atoms with E-state index < -0.39 is 6.03 Å². The maximum atomic E-state index is 12.4. The topological polar surface area (TPSA) is 94.5 Å². The van der Waals surface area contributed by atoms with E-state index in [0.29, 0.717) is 17.8 Å². The number of hydrazone groups is 1. The highest BCUT2D eigenvalue weighted by Gasteiger charge is 2.17. The van der Waals surface area contributed by atoms with E-state index in [1.54, 1.807) is 12.1 Å². The van der Waals surface area contributed by atoms with Crippen LogP contribution in [-0.2, 0) is 6.54 Å². The van der Waals surface area contributed by atoms with Gasteiger partial charge in [0.05, 0.1) is 23.0 Å². The molecule has 0 saturated carbocycles. The zero-order chi connectivity index (χ0) is 17.7. The third-order valence-electron chi connectivity index (χ3n) is 3.78. The standard InChI is InChI=1S/C18H19N5O/c1-12-5-4-6-13(2)15(12)11-22-18(24)23(21-3)17-8-7-14(10-19)9-16(17)20/h4-9H,3,11,20H2,1-2H3,(H,22,24). The number of anilines is 2. The first-order valence-electron chi connectivity index (χ1n) is 7.37. The van der Waals surface area contributed by atoms with Crippen molar-refractivity contribution in [3.63, 3.8) is 0 Å². The van der Waals surface area contributed by atoms with Crippen molar-refractivity contribution in [3.8, 4) is 6.07 Å². The molecule has 122 valence electrons. The Bertz CT molecular complexity index is 802. The van der Waals surface area contributed by atoms with Crippen LogP contribution in [-0.4, -0.2) is 12.7 Å². The largest absolute Gasteiger partial charge is 0.397 e. The van der Waals surface area contributed by atoms with Crippen molar-refractivity contribution in [2.75, 3.05) is 10.7 Å². The summed E-state index contributed by atoms with van der Waals surface area (Å²) >= 11 is 0. The lowest BCUT2D eigenvalue weighted by Gasteiger charge is -2.20. The summed E-state index contributed by atoms with van der Waals surface area (Å²) < 4.78 is 0. The number of nitrogens with one attached hydrogen (secondary N) is 1. The fraction of sp³-hybridized carbons (Fsp3) is 0.167. The summed E-state index contributed by atoms with van der Waals surface area (Å²) in [5.74, 6) is 0. The summed E-state index contributed by atoms with van der Waals surface area (Å²) in [4.78, 5) is 12.4. The zero-order valence-corrected chi connectivity index (χ0v) is 13.7. The lowest BCUT2D eigenvalue weighted by atomic mass is 10.0. The molecule has 2 amide bonds. The van der Waals surface area contributed by atoms with E-state index in [-0.39, 0.29) is 5.69 Å². The molecule has 0 saturated heterocycles. The number of amides is 2. The first-order chi connectivity index (χ1) is 11.5. The highest BCUT2D eigenvalue weighted by atomic mass is 16.2. The summed E-state index contributed by atoms with van der Waals surface area (Å²) in [6.45, 7) is 7.79. The third-order valence-corrected chi connectivity index (χ3v) is 3.78. The lowest BCUT2D eigenvalue weighted by Crippen LogP contribution is -2.36. The number of hydrogen-bond donors (Lipinski definition) is 2. The molecule has 6 heteroatoms. The maximum Gasteiger partial charge on any atom is 0.342 e. The molecule has 0 heterocycles. The van der Waals surface area contributed by atoms with Crippen molar-refractivity contribution in [2.45, 2.75) is 20.4 Å². The number of nitrogens with zero attached hydrogens (tertiary/aromatic N) is 3. The molecule has 0 aliphatic rings. The quantitative estimate of drug-likeness (QED) is 0.514. The van der Waals surface area contributed by atoms with E-state index in [1.807, 2.05) is 38.1 Å². The molecule has 3 N–H and O–H groups in total. The second-order valence-electron chi connectivity index (χ2n) is 5.37. The van der Waals surface area contributed by atoms with Crippen LogP contribution in [0.5, 0.6) is 0 Å². The van der Waals surface area contributed by atoms with Crippen molar-refractivity contribution in [1.29, 1.82) is 5.26 Å². The Balaban J connectivity index is 2.18. The van der Waals surface area contributed by atoms with Crippen molar-refractivity contribution < 1.29 is 4.79 Å². The second kappa shape index (κ2) is 7.29. The molecule has 0 spiro atoms. The van der Waals surface area contributed by atoms with Crippen molar-refractivity contribution >= 4 is 24.1 Å². The van der Waals surface area contributed by atoms with Crippen LogP contribution in [0.25, 0.3) is 0 Å². The summed E-state index contributed by atoms with van der Waals surface area (Å²) in [6, 6.07) is 12.2. The van der Waals surface area contributed by atoms with E-state index >= 15 is 0 Å². The molecule has 0 radical (unpaired) electrons. The van der Waals surface area contributed by atoms with Crippen LogP contribution in [0.15, 0.2) is 41.5 Å². The average molecular weight is 321 g/mol. The van der Waals surface area contributed by atoms with Crippen LogP contribution < -0.4 is 16.1 Å². The molecule has 2 aromatic rings. The molecule has 24 heavy (non-hydrogen) atoms. The second-order valence-corrected chi connectivity index (χ2v) is 5.37. The van der Waals surface area contributed by atoms with Gasteiger partial charge >= 0.3 is 6.03 Å². The van der Waals surface area contributed by atoms with Gasteiger partial charge in [0.2, 0.25) is 0 Å². The predicted octanol–water partition coefficient (Wildman–Crippen LogP) is 3.09. The van der Waals surface area contributed by atoms with Gasteiger partial charge in [-0.1, -0.05) is 18.2 Å². The number of rotatable bonds is 4. The number of urea groups is 1. The predicted molar refractivity (Wildman–Crippen MR) is 95.7 cm³/mol. The third kappa shape index (κ3) is 3.52. The molecule has 0 aliphatic heterocycles. The molecule has 0 atom stereocenters. The average Bonchev–Trinajstić information content (AvgIpc) is 2.56. The summed E-state index contributed by atoms with van der Waals surface area (Å²) in [5.41, 5.74) is 10.2. The van der Waals surface area contributed by atoms with Gasteiger partial charge in [0.1, 0.15) is 0 Å². The number of nitrogen functional groups attached to an aromatic ring is 1. The molecular formula is C18H19N5O. The van der Waals surface area contributed by atoms with Crippen LogP contribution in [0, 0.1) is 25.2 Å². The maximum absolute atomic E-state index is 12.4. The minimum atomic E-state index is -0.441. The Morgan fingerprint density at radius 1 is 1.33 bits per heavy atom. The zero-order valence-electron chi connectivity index (χ0n) is 13.7. The van der Waals surface area contributed by atoms with E-state index in [9.17, 15) is 4.79 Å². The molecule has 0 aliphatic carbocycles. The molecule has 2 rings (SSSR count). The summed E-state index contributed by atoms with van der Waals surface area (Å²) in [7, 11) is 0. The van der Waals surface area contributed by atoms with Gasteiger partial charge in [-0.05, 0) is 48.7 Å². The van der Waals surface area contributed by atoms with Crippen molar-refractivity contribution in [1.82, 2.24) is 5.32 Å². The van der Waals surface area contributed by atoms with Gasteiger partial charge in [-0.25, -0.2) is 4.79 Å². The number of hydrogen-bond acceptors (Lipinski definition) is 4. The van der Waals surface area contributed by atoms with Gasteiger partial charge in [-0.15, -0.1) is 0 Å². The van der Waals surface area contributed by atoms with Crippen molar-refractivity contribution in [2.24, 2.45) is 5.10 Å². The highest BCUT2D eigenvalue weighted by Crippen LogP contribution is 2.24. The summed E-state index contributed by atoms with van der Waals surface area (Å²) in [5, 5.41) is 16.5. The Morgan fingerprint density at radius 2 is 2.00 bits per heavy atom. The minimum Gasteiger partial charge on any atom is -0.397 e. The van der Waals surface area contributed by atoms with Crippen LogP contribution >= 0.6 is 0 Å². The Hall–Kier alpha value is -3.33. The monoisotopic (exact) mass is 321 g/mol. The Labute approximate surface area is 141 Å². The van der Waals surface area contributed by atoms with Gasteiger partial charge in [0.25, 0.3) is 0 Å². The van der Waals surface area contributed by atoms with Crippen LogP contribution in [0.1, 0.15) is 22.3 Å². The van der Waals surface area contributed by atoms with Gasteiger partial charge < -0.3 is 11.1 Å². The number of nitriles is 1. The number of carbonyl (C=O) groups excluding carboxylic acids is 1. The molecular weight excluding hydrogens is 302 g/mol. The minimum absolute atomic E-state index is 0.281. The molecule has 0 fully saturated rings. The number of aryl methyl sites for hydroxylation is 2. The normalized spacial score (nSPS) is 9.88. The Kier molecular flexibility index (Phi) is 5.17. The molecule has 0 unspecified atom stereocenters. The van der Waals surface area contributed by atoms with Crippen LogP contribution in [0.3, 0.4) is 0 Å². The van der Waals surface area contributed by atoms with Gasteiger partial charge in [0.15, 0.2) is 0 Å². The van der Waals surface area contributed by atoms with Gasteiger partial charge in [0, 0.05) is 13.3 Å². The van der Waals surface area contributed by atoms with E-state index in [2.05, 4.69) is 17.1 Å². The van der Waals surface area contributed by atoms with Crippen LogP contribution in [0.2, 0.25) is 0 Å². The molecule has 0 aromatic heterocycles. The van der Waals surface area contributed by atoms with E-state index in [4.69, 9.17) is 11.0 Å². The molecule has 0 bridgehead atoms. The Morgan fingerprint density at radius 3 is 2.54 bits per heavy atom. The van der Waals surface area contributed by atoms with E-state index in [1.165, 1.54) is 6.07 Å². The van der Waals surface area contributed by atoms with Gasteiger partial charge in [-0.2, -0.15) is 15.4 Å². The number of carbonyl (C=O) groups is 1. The van der Waals surface area contributed by atoms with E-state index in [0.717, 1.165) is 21.7 Å². The number of benzene rings is 2. The number of nitrogens with two attached hydrogens (primary N) is 1. The van der Waals surface area contributed by atoms with Crippen LogP contribution in [0.4, 0.5) is 16.2 Å². The van der Waals surface area contributed by atoms with Crippen molar-refractivity contribution in [3.05, 3.63) is 58.7 Å². The first-order valence-corrected chi connectivity index (χ1v) is 7.37. The highest BCUT2D eigenvalue weighted by molar-refractivity contribution is 5.95. The first kappa shape index (κ1) is 17.0. The van der Waals surface area contributed by atoms with Gasteiger partial charge in [-0.3, -0.25) is 0 Å². The fourth-order valence-electron chi connectivity index (χ4n) is 2.43. The molecule has 2 aromatic carbocycles. The fourth-order valence-corrected chi connectivity index (χ4v) is 2.43. The lowest BCUT2D eigenvalue weighted by molar-refractivity contribution is 0.246.